The molecule has 2 aromatic rings. The zero-order valence-corrected chi connectivity index (χ0v) is 12.0. The number of methoxy groups -OCH3 is 1. The summed E-state index contributed by atoms with van der Waals surface area (Å²) in [7, 11) is 1.50. The van der Waals surface area contributed by atoms with Crippen molar-refractivity contribution in [2.75, 3.05) is 12.4 Å². The molecule has 5 heteroatoms. The lowest BCUT2D eigenvalue weighted by Gasteiger charge is -2.11. The van der Waals surface area contributed by atoms with Gasteiger partial charge in [-0.25, -0.2) is 0 Å². The number of nitrogens with one attached hydrogen (secondary N) is 1. The number of rotatable bonds is 4. The van der Waals surface area contributed by atoms with Crippen molar-refractivity contribution in [3.63, 3.8) is 0 Å². The second kappa shape index (κ2) is 6.28. The summed E-state index contributed by atoms with van der Waals surface area (Å²) >= 11 is 0. The second-order valence-electron chi connectivity index (χ2n) is 4.69. The van der Waals surface area contributed by atoms with Crippen LogP contribution in [0.4, 0.5) is 5.69 Å². The summed E-state index contributed by atoms with van der Waals surface area (Å²) in [6.45, 7) is 2.29. The first-order chi connectivity index (χ1) is 10.0. The van der Waals surface area contributed by atoms with Gasteiger partial charge in [-0.1, -0.05) is 12.1 Å². The average Bonchev–Trinajstić information content (AvgIpc) is 2.49. The molecule has 110 valence electrons. The lowest BCUT2D eigenvalue weighted by atomic mass is 10.1. The lowest BCUT2D eigenvalue weighted by molar-refractivity contribution is 0.102. The minimum Gasteiger partial charge on any atom is -0.507 e. The minimum absolute atomic E-state index is 0.0964. The number of nitrogens with two attached hydrogens (primary N) is 1. The Labute approximate surface area is 123 Å². The Bertz CT molecular complexity index is 669. The van der Waals surface area contributed by atoms with Crippen LogP contribution in [0.1, 0.15) is 21.5 Å². The van der Waals surface area contributed by atoms with Gasteiger partial charge in [0.15, 0.2) is 0 Å². The Kier molecular flexibility index (Phi) is 4.45. The van der Waals surface area contributed by atoms with Crippen molar-refractivity contribution in [3.05, 3.63) is 53.1 Å². The molecule has 0 aliphatic carbocycles. The average molecular weight is 286 g/mol. The van der Waals surface area contributed by atoms with Gasteiger partial charge >= 0.3 is 0 Å². The van der Waals surface area contributed by atoms with Gasteiger partial charge in [-0.3, -0.25) is 4.79 Å². The number of aryl methyl sites for hydroxylation is 1. The lowest BCUT2D eigenvalue weighted by Crippen LogP contribution is -2.13. The van der Waals surface area contributed by atoms with E-state index in [2.05, 4.69) is 5.32 Å². The van der Waals surface area contributed by atoms with Crippen LogP contribution < -0.4 is 15.8 Å². The van der Waals surface area contributed by atoms with Gasteiger partial charge in [-0.05, 0) is 42.3 Å². The minimum atomic E-state index is -0.399. The Morgan fingerprint density at radius 3 is 2.71 bits per heavy atom. The summed E-state index contributed by atoms with van der Waals surface area (Å²) in [5.41, 5.74) is 8.28. The maximum absolute atomic E-state index is 12.3. The Balaban J connectivity index is 2.29. The monoisotopic (exact) mass is 286 g/mol. The van der Waals surface area contributed by atoms with Crippen LogP contribution in [0.25, 0.3) is 0 Å². The van der Waals surface area contributed by atoms with Crippen molar-refractivity contribution in [3.8, 4) is 11.5 Å². The van der Waals surface area contributed by atoms with Gasteiger partial charge in [0, 0.05) is 12.2 Å². The molecule has 0 saturated heterocycles. The number of phenolic OH excluding ortho intramolecular Hbond substituents is 1. The van der Waals surface area contributed by atoms with Gasteiger partial charge in [0.25, 0.3) is 5.91 Å². The van der Waals surface area contributed by atoms with E-state index in [1.54, 1.807) is 6.07 Å². The number of carbonyl (C=O) groups excluding carboxylic acids is 1. The molecule has 5 nitrogen and oxygen atoms in total. The maximum atomic E-state index is 12.3. The molecule has 0 saturated carbocycles. The molecule has 0 heterocycles. The summed E-state index contributed by atoms with van der Waals surface area (Å²) in [5.74, 6) is 0.00925. The predicted molar refractivity (Wildman–Crippen MR) is 81.7 cm³/mol. The molecule has 0 aliphatic heterocycles. The normalized spacial score (nSPS) is 10.2. The highest BCUT2D eigenvalue weighted by Crippen LogP contribution is 2.25. The summed E-state index contributed by atoms with van der Waals surface area (Å²) in [5, 5.41) is 12.6. The Morgan fingerprint density at radius 1 is 1.29 bits per heavy atom. The highest BCUT2D eigenvalue weighted by Gasteiger charge is 2.13. The molecule has 0 radical (unpaired) electrons. The number of aromatic hydroxyl groups is 1. The smallest absolute Gasteiger partial charge is 0.259 e. The maximum Gasteiger partial charge on any atom is 0.259 e. The zero-order chi connectivity index (χ0) is 15.4. The van der Waals surface area contributed by atoms with E-state index in [1.807, 2.05) is 25.1 Å². The van der Waals surface area contributed by atoms with E-state index < -0.39 is 5.91 Å². The SMILES string of the molecule is COc1ccc(O)c(C(=O)Nc2cc(CN)ccc2C)c1. The predicted octanol–water partition coefficient (Wildman–Crippen LogP) is 2.42. The molecule has 0 atom stereocenters. The summed E-state index contributed by atoms with van der Waals surface area (Å²) in [6.07, 6.45) is 0. The molecule has 2 rings (SSSR count). The molecule has 0 aliphatic rings. The van der Waals surface area contributed by atoms with Crippen molar-refractivity contribution >= 4 is 11.6 Å². The van der Waals surface area contributed by atoms with E-state index in [1.165, 1.54) is 19.2 Å². The highest BCUT2D eigenvalue weighted by molar-refractivity contribution is 6.06. The molecular weight excluding hydrogens is 268 g/mol. The first-order valence-electron chi connectivity index (χ1n) is 6.53. The van der Waals surface area contributed by atoms with Crippen LogP contribution in [0.5, 0.6) is 11.5 Å². The molecule has 4 N–H and O–H groups in total. The Morgan fingerprint density at radius 2 is 2.05 bits per heavy atom. The number of hydrogen-bond donors (Lipinski definition) is 3. The van der Waals surface area contributed by atoms with Crippen molar-refractivity contribution in [1.29, 1.82) is 0 Å². The number of hydrogen-bond acceptors (Lipinski definition) is 4. The topological polar surface area (TPSA) is 84.6 Å². The summed E-state index contributed by atoms with van der Waals surface area (Å²) < 4.78 is 5.06. The second-order valence-corrected chi connectivity index (χ2v) is 4.69. The fourth-order valence-electron chi connectivity index (χ4n) is 1.94. The van der Waals surface area contributed by atoms with Gasteiger partial charge in [0.1, 0.15) is 11.5 Å². The molecule has 1 amide bonds. The number of ether oxygens (including phenoxy) is 1. The van der Waals surface area contributed by atoms with Crippen molar-refractivity contribution in [2.45, 2.75) is 13.5 Å². The van der Waals surface area contributed by atoms with Gasteiger partial charge in [-0.15, -0.1) is 0 Å². The number of anilines is 1. The first kappa shape index (κ1) is 14.9. The third kappa shape index (κ3) is 3.32. The van der Waals surface area contributed by atoms with Crippen LogP contribution in [0.2, 0.25) is 0 Å². The van der Waals surface area contributed by atoms with Crippen molar-refractivity contribution in [2.24, 2.45) is 5.73 Å². The molecule has 0 fully saturated rings. The van der Waals surface area contributed by atoms with E-state index in [9.17, 15) is 9.90 Å². The van der Waals surface area contributed by atoms with E-state index >= 15 is 0 Å². The number of amides is 1. The standard InChI is InChI=1S/C16H18N2O3/c1-10-3-4-11(9-17)7-14(10)18-16(20)13-8-12(21-2)5-6-15(13)19/h3-8,19H,9,17H2,1-2H3,(H,18,20). The van der Waals surface area contributed by atoms with Gasteiger partial charge in [-0.2, -0.15) is 0 Å². The molecule has 0 aromatic heterocycles. The number of phenols is 1. The largest absolute Gasteiger partial charge is 0.507 e. The first-order valence-corrected chi connectivity index (χ1v) is 6.53. The third-order valence-electron chi connectivity index (χ3n) is 3.23. The van der Waals surface area contributed by atoms with E-state index in [0.717, 1.165) is 11.1 Å². The molecular formula is C16H18N2O3. The van der Waals surface area contributed by atoms with Gasteiger partial charge in [0.05, 0.1) is 12.7 Å². The summed E-state index contributed by atoms with van der Waals surface area (Å²) in [4.78, 5) is 12.3. The molecule has 0 unspecified atom stereocenters. The molecule has 0 bridgehead atoms. The fraction of sp³-hybridized carbons (Fsp3) is 0.188. The highest BCUT2D eigenvalue weighted by atomic mass is 16.5. The van der Waals surface area contributed by atoms with Crippen LogP contribution >= 0.6 is 0 Å². The third-order valence-corrected chi connectivity index (χ3v) is 3.23. The number of benzene rings is 2. The van der Waals surface area contributed by atoms with E-state index in [4.69, 9.17) is 10.5 Å². The number of carbonyl (C=O) groups is 1. The van der Waals surface area contributed by atoms with Gasteiger partial charge in [0.2, 0.25) is 0 Å². The van der Waals surface area contributed by atoms with E-state index in [-0.39, 0.29) is 11.3 Å². The van der Waals surface area contributed by atoms with Crippen molar-refractivity contribution in [1.82, 2.24) is 0 Å². The van der Waals surface area contributed by atoms with Crippen LogP contribution in [-0.2, 0) is 6.54 Å². The van der Waals surface area contributed by atoms with Crippen LogP contribution in [-0.4, -0.2) is 18.1 Å². The van der Waals surface area contributed by atoms with Crippen LogP contribution in [0.15, 0.2) is 36.4 Å². The van der Waals surface area contributed by atoms with Gasteiger partial charge < -0.3 is 20.9 Å². The Hall–Kier alpha value is -2.53. The molecule has 21 heavy (non-hydrogen) atoms. The van der Waals surface area contributed by atoms with Crippen molar-refractivity contribution < 1.29 is 14.6 Å². The molecule has 2 aromatic carbocycles. The quantitative estimate of drug-likeness (QED) is 0.806. The fourth-order valence-corrected chi connectivity index (χ4v) is 1.94. The van der Waals surface area contributed by atoms with Crippen LogP contribution in [0, 0.1) is 6.92 Å². The zero-order valence-electron chi connectivity index (χ0n) is 12.0. The van der Waals surface area contributed by atoms with E-state index in [0.29, 0.717) is 18.0 Å². The molecule has 0 spiro atoms. The van der Waals surface area contributed by atoms with Crippen LogP contribution in [0.3, 0.4) is 0 Å². The summed E-state index contributed by atoms with van der Waals surface area (Å²) in [6, 6.07) is 10.1.